The molecule has 1 aromatic carbocycles. The Hall–Kier alpha value is -0.740. The highest BCUT2D eigenvalue weighted by Crippen LogP contribution is 2.32. The van der Waals surface area contributed by atoms with Crippen molar-refractivity contribution in [3.05, 3.63) is 23.8 Å². The van der Waals surface area contributed by atoms with Gasteiger partial charge >= 0.3 is 0 Å². The highest BCUT2D eigenvalue weighted by atomic mass is 79.9. The first-order valence-electron chi connectivity index (χ1n) is 7.92. The van der Waals surface area contributed by atoms with E-state index in [9.17, 15) is 0 Å². The first kappa shape index (κ1) is 16.6. The Balaban J connectivity index is 1.47. The third-order valence-corrected chi connectivity index (χ3v) is 4.17. The molecule has 1 aliphatic rings. The van der Waals surface area contributed by atoms with E-state index in [1.807, 2.05) is 6.07 Å². The molecular weight excluding hydrogens is 332 g/mol. The number of benzene rings is 1. The van der Waals surface area contributed by atoms with E-state index in [2.05, 4.69) is 28.1 Å². The summed E-state index contributed by atoms with van der Waals surface area (Å²) in [4.78, 5) is 0. The number of hydrogen-bond donors (Lipinski definition) is 0. The summed E-state index contributed by atoms with van der Waals surface area (Å²) < 4.78 is 16.4. The Morgan fingerprint density at radius 3 is 2.52 bits per heavy atom. The number of halogens is 1. The normalized spacial score (nSPS) is 12.8. The fourth-order valence-electron chi connectivity index (χ4n) is 2.38. The zero-order valence-electron chi connectivity index (χ0n) is 12.6. The van der Waals surface area contributed by atoms with Gasteiger partial charge in [-0.15, -0.1) is 0 Å². The number of aryl methyl sites for hydroxylation is 1. The zero-order chi connectivity index (χ0) is 14.8. The Labute approximate surface area is 136 Å². The summed E-state index contributed by atoms with van der Waals surface area (Å²) in [6.45, 7) is 2.14. The van der Waals surface area contributed by atoms with Gasteiger partial charge in [-0.1, -0.05) is 34.8 Å². The van der Waals surface area contributed by atoms with Crippen LogP contribution in [0, 0.1) is 0 Å². The Morgan fingerprint density at radius 2 is 1.67 bits per heavy atom. The Bertz CT molecular complexity index is 409. The highest BCUT2D eigenvalue weighted by Gasteiger charge is 2.12. The van der Waals surface area contributed by atoms with Gasteiger partial charge in [0.1, 0.15) is 0 Å². The summed E-state index contributed by atoms with van der Waals surface area (Å²) in [5.41, 5.74) is 1.31. The van der Waals surface area contributed by atoms with E-state index in [4.69, 9.17) is 14.2 Å². The van der Waals surface area contributed by atoms with E-state index in [0.29, 0.717) is 6.79 Å². The molecule has 3 nitrogen and oxygen atoms in total. The van der Waals surface area contributed by atoms with Gasteiger partial charge in [0.25, 0.3) is 0 Å². The molecule has 0 atom stereocenters. The predicted octanol–water partition coefficient (Wildman–Crippen LogP) is 4.71. The topological polar surface area (TPSA) is 27.7 Å². The third-order valence-electron chi connectivity index (χ3n) is 3.61. The number of ether oxygens (including phenoxy) is 3. The number of unbranched alkanes of at least 4 members (excludes halogenated alkanes) is 4. The van der Waals surface area contributed by atoms with Crippen molar-refractivity contribution in [3.8, 4) is 11.5 Å². The van der Waals surface area contributed by atoms with Crippen molar-refractivity contribution in [2.45, 2.75) is 44.9 Å². The van der Waals surface area contributed by atoms with E-state index in [-0.39, 0.29) is 0 Å². The van der Waals surface area contributed by atoms with Crippen LogP contribution in [0.5, 0.6) is 11.5 Å². The third kappa shape index (κ3) is 6.27. The van der Waals surface area contributed by atoms with Crippen molar-refractivity contribution in [3.63, 3.8) is 0 Å². The van der Waals surface area contributed by atoms with Crippen molar-refractivity contribution in [1.82, 2.24) is 0 Å². The molecule has 4 heteroatoms. The van der Waals surface area contributed by atoms with Gasteiger partial charge in [-0.25, -0.2) is 0 Å². The van der Waals surface area contributed by atoms with Crippen molar-refractivity contribution in [2.75, 3.05) is 25.3 Å². The molecule has 0 saturated heterocycles. The van der Waals surface area contributed by atoms with Crippen LogP contribution in [-0.2, 0) is 11.2 Å². The molecule has 1 aliphatic heterocycles. The van der Waals surface area contributed by atoms with Gasteiger partial charge < -0.3 is 14.2 Å². The van der Waals surface area contributed by atoms with Gasteiger partial charge in [0.05, 0.1) is 0 Å². The van der Waals surface area contributed by atoms with Crippen LogP contribution in [0.1, 0.15) is 44.1 Å². The fourth-order valence-corrected chi connectivity index (χ4v) is 2.78. The zero-order valence-corrected chi connectivity index (χ0v) is 14.2. The molecule has 0 aromatic heterocycles. The standard InChI is InChI=1S/C17H25BrO3/c18-10-4-1-2-5-11-19-12-6-3-7-15-8-9-16-17(13-15)21-14-20-16/h8-9,13H,1-7,10-12,14H2. The van der Waals surface area contributed by atoms with Crippen LogP contribution in [0.15, 0.2) is 18.2 Å². The maximum absolute atomic E-state index is 5.67. The molecule has 0 bridgehead atoms. The number of rotatable bonds is 11. The van der Waals surface area contributed by atoms with Crippen molar-refractivity contribution < 1.29 is 14.2 Å². The quantitative estimate of drug-likeness (QED) is 0.424. The second kappa shape index (κ2) is 10.1. The lowest BCUT2D eigenvalue weighted by atomic mass is 10.1. The lowest BCUT2D eigenvalue weighted by Gasteiger charge is -2.05. The number of fused-ring (bicyclic) bond motifs is 1. The lowest BCUT2D eigenvalue weighted by Crippen LogP contribution is -1.98. The van der Waals surface area contributed by atoms with Gasteiger partial charge in [0.15, 0.2) is 11.5 Å². The van der Waals surface area contributed by atoms with Gasteiger partial charge in [-0.2, -0.15) is 0 Å². The van der Waals surface area contributed by atoms with Crippen LogP contribution >= 0.6 is 15.9 Å². The van der Waals surface area contributed by atoms with Crippen molar-refractivity contribution in [1.29, 1.82) is 0 Å². The Kier molecular flexibility index (Phi) is 7.97. The molecule has 0 N–H and O–H groups in total. The fraction of sp³-hybridized carbons (Fsp3) is 0.647. The smallest absolute Gasteiger partial charge is 0.231 e. The van der Waals surface area contributed by atoms with Crippen LogP contribution in [0.25, 0.3) is 0 Å². The van der Waals surface area contributed by atoms with E-state index in [0.717, 1.165) is 49.3 Å². The second-order valence-electron chi connectivity index (χ2n) is 5.36. The molecule has 21 heavy (non-hydrogen) atoms. The maximum Gasteiger partial charge on any atom is 0.231 e. The van der Waals surface area contributed by atoms with Crippen LogP contribution < -0.4 is 9.47 Å². The first-order chi connectivity index (χ1) is 10.4. The number of alkyl halides is 1. The summed E-state index contributed by atoms with van der Waals surface area (Å²) in [7, 11) is 0. The first-order valence-corrected chi connectivity index (χ1v) is 9.04. The summed E-state index contributed by atoms with van der Waals surface area (Å²) in [6.07, 6.45) is 8.40. The summed E-state index contributed by atoms with van der Waals surface area (Å²) >= 11 is 3.45. The van der Waals surface area contributed by atoms with Crippen molar-refractivity contribution >= 4 is 15.9 Å². The van der Waals surface area contributed by atoms with Gasteiger partial charge in [0, 0.05) is 18.5 Å². The molecule has 1 heterocycles. The molecular formula is C17H25BrO3. The number of hydrogen-bond acceptors (Lipinski definition) is 3. The van der Waals surface area contributed by atoms with E-state index in [1.165, 1.54) is 31.2 Å². The minimum Gasteiger partial charge on any atom is -0.454 e. The monoisotopic (exact) mass is 356 g/mol. The minimum atomic E-state index is 0.349. The van der Waals surface area contributed by atoms with Crippen LogP contribution in [0.3, 0.4) is 0 Å². The Morgan fingerprint density at radius 1 is 0.905 bits per heavy atom. The average Bonchev–Trinajstić information content (AvgIpc) is 2.97. The second-order valence-corrected chi connectivity index (χ2v) is 6.15. The molecule has 1 aromatic rings. The highest BCUT2D eigenvalue weighted by molar-refractivity contribution is 9.09. The predicted molar refractivity (Wildman–Crippen MR) is 88.6 cm³/mol. The molecule has 0 unspecified atom stereocenters. The molecule has 0 fully saturated rings. The largest absolute Gasteiger partial charge is 0.454 e. The molecule has 118 valence electrons. The molecule has 0 aliphatic carbocycles. The summed E-state index contributed by atoms with van der Waals surface area (Å²) in [5.74, 6) is 1.74. The molecule has 0 saturated carbocycles. The minimum absolute atomic E-state index is 0.349. The summed E-state index contributed by atoms with van der Waals surface area (Å²) in [5, 5.41) is 1.12. The summed E-state index contributed by atoms with van der Waals surface area (Å²) in [6, 6.07) is 6.21. The van der Waals surface area contributed by atoms with Crippen LogP contribution in [0.2, 0.25) is 0 Å². The molecule has 2 rings (SSSR count). The van der Waals surface area contributed by atoms with E-state index in [1.54, 1.807) is 0 Å². The van der Waals surface area contributed by atoms with E-state index >= 15 is 0 Å². The van der Waals surface area contributed by atoms with Gasteiger partial charge in [-0.3, -0.25) is 0 Å². The lowest BCUT2D eigenvalue weighted by molar-refractivity contribution is 0.126. The van der Waals surface area contributed by atoms with Crippen molar-refractivity contribution in [2.24, 2.45) is 0 Å². The van der Waals surface area contributed by atoms with Crippen LogP contribution in [0.4, 0.5) is 0 Å². The maximum atomic E-state index is 5.67. The molecule has 0 spiro atoms. The SMILES string of the molecule is BrCCCCCCOCCCCc1ccc2c(c1)OCO2. The van der Waals surface area contributed by atoms with Crippen LogP contribution in [-0.4, -0.2) is 25.3 Å². The van der Waals surface area contributed by atoms with Gasteiger partial charge in [0.2, 0.25) is 6.79 Å². The molecule has 0 amide bonds. The average molecular weight is 357 g/mol. The van der Waals surface area contributed by atoms with E-state index < -0.39 is 0 Å². The van der Waals surface area contributed by atoms with Gasteiger partial charge in [-0.05, 0) is 49.8 Å². The molecule has 0 radical (unpaired) electrons.